The number of carbonyl (C=O) groups excluding carboxylic acids is 1. The minimum absolute atomic E-state index is 0.0842. The minimum atomic E-state index is -1.09. The van der Waals surface area contributed by atoms with Gasteiger partial charge < -0.3 is 19.6 Å². The zero-order valence-corrected chi connectivity index (χ0v) is 19.4. The van der Waals surface area contributed by atoms with Gasteiger partial charge in [0.1, 0.15) is 5.71 Å². The van der Waals surface area contributed by atoms with E-state index in [-0.39, 0.29) is 18.4 Å². The van der Waals surface area contributed by atoms with Crippen molar-refractivity contribution in [2.24, 2.45) is 11.1 Å². The van der Waals surface area contributed by atoms with Crippen LogP contribution < -0.4 is 5.32 Å². The monoisotopic (exact) mass is 429 g/mol. The summed E-state index contributed by atoms with van der Waals surface area (Å²) in [7, 11) is 0. The zero-order valence-electron chi connectivity index (χ0n) is 19.4. The van der Waals surface area contributed by atoms with Gasteiger partial charge in [-0.1, -0.05) is 38.1 Å². The Morgan fingerprint density at radius 1 is 1.29 bits per heavy atom. The Morgan fingerprint density at radius 2 is 2.03 bits per heavy atom. The summed E-state index contributed by atoms with van der Waals surface area (Å²) in [6.07, 6.45) is 9.06. The van der Waals surface area contributed by atoms with Crippen molar-refractivity contribution in [3.8, 4) is 0 Å². The molecule has 1 aromatic heterocycles. The van der Waals surface area contributed by atoms with E-state index in [9.17, 15) is 4.79 Å². The molecular formula is C24H35N3O4. The van der Waals surface area contributed by atoms with Gasteiger partial charge in [0.15, 0.2) is 5.79 Å². The van der Waals surface area contributed by atoms with E-state index in [2.05, 4.69) is 27.6 Å². The number of allylic oxidation sites excluding steroid dienone is 1. The third-order valence-corrected chi connectivity index (χ3v) is 6.16. The number of rotatable bonds is 10. The smallest absolute Gasteiger partial charge is 0.267 e. The number of carbonyl (C=O) groups is 1. The third-order valence-electron chi connectivity index (χ3n) is 6.16. The molecule has 1 aliphatic carbocycles. The van der Waals surface area contributed by atoms with Crippen LogP contribution in [0.1, 0.15) is 70.7 Å². The summed E-state index contributed by atoms with van der Waals surface area (Å²) >= 11 is 0. The number of nitrogens with zero attached hydrogens (tertiary/aromatic N) is 2. The van der Waals surface area contributed by atoms with Crippen molar-refractivity contribution >= 4 is 17.7 Å². The molecule has 0 bridgehead atoms. The molecule has 7 nitrogen and oxygen atoms in total. The average Bonchev–Trinajstić information content (AvgIpc) is 3.24. The van der Waals surface area contributed by atoms with Crippen LogP contribution in [0.4, 0.5) is 0 Å². The van der Waals surface area contributed by atoms with Gasteiger partial charge in [0, 0.05) is 43.7 Å². The maximum absolute atomic E-state index is 13.4. The van der Waals surface area contributed by atoms with Gasteiger partial charge in [-0.25, -0.2) is 0 Å². The first-order chi connectivity index (χ1) is 14.9. The first kappa shape index (κ1) is 23.4. The molecule has 1 aromatic rings. The topological polar surface area (TPSA) is 82.0 Å². The molecule has 2 aliphatic rings. The van der Waals surface area contributed by atoms with Gasteiger partial charge in [-0.05, 0) is 38.3 Å². The number of aromatic nitrogens is 1. The van der Waals surface area contributed by atoms with Gasteiger partial charge in [-0.2, -0.15) is 0 Å². The molecule has 1 N–H and O–H groups in total. The number of nitrogens with one attached hydrogen (secondary N) is 1. The molecule has 0 aromatic carbocycles. The lowest BCUT2D eigenvalue weighted by atomic mass is 9.83. The number of hydrogen-bond acceptors (Lipinski definition) is 6. The summed E-state index contributed by atoms with van der Waals surface area (Å²) in [5.74, 6) is -1.14. The summed E-state index contributed by atoms with van der Waals surface area (Å²) in [6.45, 7) is 11.0. The number of hydrogen-bond donors (Lipinski definition) is 1. The molecule has 0 fully saturated rings. The summed E-state index contributed by atoms with van der Waals surface area (Å²) in [4.78, 5) is 23.8. The zero-order chi connectivity index (χ0) is 22.5. The summed E-state index contributed by atoms with van der Waals surface area (Å²) in [5, 5.41) is 7.37. The van der Waals surface area contributed by atoms with Crippen LogP contribution in [0.3, 0.4) is 0 Å². The lowest BCUT2D eigenvalue weighted by Gasteiger charge is -2.35. The van der Waals surface area contributed by atoms with Crippen molar-refractivity contribution in [3.05, 3.63) is 35.2 Å². The highest BCUT2D eigenvalue weighted by molar-refractivity contribution is 6.06. The van der Waals surface area contributed by atoms with Crippen LogP contribution in [0.15, 0.2) is 23.5 Å². The molecule has 1 unspecified atom stereocenters. The van der Waals surface area contributed by atoms with Crippen LogP contribution in [0.25, 0.3) is 6.08 Å². The summed E-state index contributed by atoms with van der Waals surface area (Å²) in [6, 6.07) is 2.05. The van der Waals surface area contributed by atoms with E-state index < -0.39 is 11.4 Å². The third kappa shape index (κ3) is 4.67. The predicted octanol–water partition coefficient (Wildman–Crippen LogP) is 3.86. The van der Waals surface area contributed by atoms with Crippen molar-refractivity contribution in [3.63, 3.8) is 0 Å². The second kappa shape index (κ2) is 9.92. The number of fused-ring (bicyclic) bond motifs is 1. The van der Waals surface area contributed by atoms with Gasteiger partial charge in [0.05, 0.1) is 12.2 Å². The minimum Gasteiger partial charge on any atom is -0.378 e. The fraction of sp³-hybridized carbons (Fsp3) is 0.625. The van der Waals surface area contributed by atoms with Crippen LogP contribution >= 0.6 is 0 Å². The van der Waals surface area contributed by atoms with Crippen LogP contribution in [0.2, 0.25) is 0 Å². The molecule has 1 aliphatic heterocycles. The van der Waals surface area contributed by atoms with Crippen LogP contribution in [0, 0.1) is 5.92 Å². The highest BCUT2D eigenvalue weighted by Gasteiger charge is 2.50. The molecule has 0 saturated carbocycles. The van der Waals surface area contributed by atoms with Crippen molar-refractivity contribution < 1.29 is 19.1 Å². The SMILES string of the molecule is CCOC(CC)(CNC(=O)C1(C(C)C)CC(c2nccc3c2C=CCC3)=NO1)OCC. The van der Waals surface area contributed by atoms with Crippen molar-refractivity contribution in [1.29, 1.82) is 0 Å². The van der Waals surface area contributed by atoms with E-state index in [0.717, 1.165) is 24.1 Å². The molecule has 7 heteroatoms. The first-order valence-corrected chi connectivity index (χ1v) is 11.4. The van der Waals surface area contributed by atoms with Gasteiger partial charge in [-0.15, -0.1) is 0 Å². The predicted molar refractivity (Wildman–Crippen MR) is 121 cm³/mol. The fourth-order valence-corrected chi connectivity index (χ4v) is 4.22. The average molecular weight is 430 g/mol. The molecule has 170 valence electrons. The van der Waals surface area contributed by atoms with Crippen LogP contribution in [-0.4, -0.2) is 47.7 Å². The number of oxime groups is 1. The standard InChI is InChI=1S/C24H35N3O4/c1-6-23(29-7-2,30-8-3)16-26-22(28)24(17(4)5)15-20(27-31-24)21-19-12-10-9-11-18(19)13-14-25-21/h10,12-14,17H,6-9,11,15-16H2,1-5H3,(H,26,28). The molecule has 3 rings (SSSR count). The normalized spacial score (nSPS) is 20.4. The lowest BCUT2D eigenvalue weighted by Crippen LogP contribution is -2.55. The van der Waals surface area contributed by atoms with Crippen LogP contribution in [-0.2, 0) is 25.5 Å². The van der Waals surface area contributed by atoms with E-state index in [0.29, 0.717) is 31.8 Å². The van der Waals surface area contributed by atoms with E-state index in [1.54, 1.807) is 0 Å². The van der Waals surface area contributed by atoms with Crippen molar-refractivity contribution in [1.82, 2.24) is 10.3 Å². The lowest BCUT2D eigenvalue weighted by molar-refractivity contribution is -0.232. The van der Waals surface area contributed by atoms with E-state index in [1.807, 2.05) is 46.9 Å². The van der Waals surface area contributed by atoms with Crippen LogP contribution in [0.5, 0.6) is 0 Å². The highest BCUT2D eigenvalue weighted by atomic mass is 16.7. The Kier molecular flexibility index (Phi) is 7.49. The highest BCUT2D eigenvalue weighted by Crippen LogP contribution is 2.35. The van der Waals surface area contributed by atoms with Crippen molar-refractivity contribution in [2.45, 2.75) is 71.7 Å². The number of amides is 1. The molecule has 2 heterocycles. The van der Waals surface area contributed by atoms with Gasteiger partial charge in [0.25, 0.3) is 5.91 Å². The van der Waals surface area contributed by atoms with E-state index >= 15 is 0 Å². The Labute approximate surface area is 185 Å². The first-order valence-electron chi connectivity index (χ1n) is 11.4. The maximum atomic E-state index is 13.4. The Balaban J connectivity index is 1.79. The van der Waals surface area contributed by atoms with E-state index in [1.165, 1.54) is 5.56 Å². The molecule has 1 amide bonds. The summed E-state index contributed by atoms with van der Waals surface area (Å²) in [5.41, 5.74) is 2.76. The summed E-state index contributed by atoms with van der Waals surface area (Å²) < 4.78 is 11.7. The molecule has 0 spiro atoms. The number of ether oxygens (including phenoxy) is 2. The number of aryl methyl sites for hydroxylation is 1. The molecule has 1 atom stereocenters. The largest absolute Gasteiger partial charge is 0.378 e. The second-order valence-electron chi connectivity index (χ2n) is 8.34. The quantitative estimate of drug-likeness (QED) is 0.571. The number of pyridine rings is 1. The fourth-order valence-electron chi connectivity index (χ4n) is 4.22. The molecule has 31 heavy (non-hydrogen) atoms. The van der Waals surface area contributed by atoms with Gasteiger partial charge in [-0.3, -0.25) is 9.78 Å². The van der Waals surface area contributed by atoms with E-state index in [4.69, 9.17) is 14.3 Å². The van der Waals surface area contributed by atoms with Gasteiger partial charge in [0.2, 0.25) is 5.60 Å². The Morgan fingerprint density at radius 3 is 2.68 bits per heavy atom. The molecule has 0 saturated heterocycles. The van der Waals surface area contributed by atoms with Crippen molar-refractivity contribution in [2.75, 3.05) is 19.8 Å². The van der Waals surface area contributed by atoms with Gasteiger partial charge >= 0.3 is 0 Å². The molecule has 0 radical (unpaired) electrons. The second-order valence-corrected chi connectivity index (χ2v) is 8.34. The maximum Gasteiger partial charge on any atom is 0.267 e. The Hall–Kier alpha value is -2.25. The molecular weight excluding hydrogens is 394 g/mol. The Bertz CT molecular complexity index is 843.